The van der Waals surface area contributed by atoms with Crippen LogP contribution in [0.5, 0.6) is 0 Å². The highest BCUT2D eigenvalue weighted by Gasteiger charge is 2.44. The van der Waals surface area contributed by atoms with Crippen molar-refractivity contribution in [3.05, 3.63) is 71.2 Å². The number of anilines is 1. The van der Waals surface area contributed by atoms with Crippen molar-refractivity contribution < 1.29 is 14.4 Å². The molecule has 1 aliphatic heterocycles. The van der Waals surface area contributed by atoms with Gasteiger partial charge in [0.05, 0.1) is 11.3 Å². The van der Waals surface area contributed by atoms with E-state index >= 15 is 0 Å². The van der Waals surface area contributed by atoms with E-state index in [9.17, 15) is 14.4 Å². The minimum absolute atomic E-state index is 0.0138. The number of nitrogens with one attached hydrogen (secondary N) is 2. The molecule has 218 valence electrons. The zero-order valence-corrected chi connectivity index (χ0v) is 25.6. The Hall–Kier alpha value is -3.94. The van der Waals surface area contributed by atoms with Crippen molar-refractivity contribution in [2.45, 2.75) is 66.8 Å². The normalized spacial score (nSPS) is 18.6. The second-order valence-corrected chi connectivity index (χ2v) is 12.8. The molecule has 41 heavy (non-hydrogen) atoms. The summed E-state index contributed by atoms with van der Waals surface area (Å²) in [5.41, 5.74) is 4.63. The third kappa shape index (κ3) is 6.69. The maximum Gasteiger partial charge on any atom is 0.323 e. The molecule has 4 amide bonds. The number of piperazine rings is 1. The molecule has 1 saturated heterocycles. The molecule has 1 aromatic carbocycles. The lowest BCUT2D eigenvalue weighted by molar-refractivity contribution is -0.155. The number of carbonyl (C=O) groups excluding carboxylic acids is 3. The van der Waals surface area contributed by atoms with Gasteiger partial charge in [0.1, 0.15) is 5.54 Å². The van der Waals surface area contributed by atoms with Crippen LogP contribution in [0.2, 0.25) is 0 Å². The molecule has 1 atom stereocenters. The van der Waals surface area contributed by atoms with Crippen molar-refractivity contribution in [3.63, 3.8) is 0 Å². The number of urea groups is 1. The summed E-state index contributed by atoms with van der Waals surface area (Å²) in [6.45, 7) is 15.0. The fourth-order valence-corrected chi connectivity index (χ4v) is 5.58. The van der Waals surface area contributed by atoms with Crippen molar-refractivity contribution in [2.24, 2.45) is 11.3 Å². The van der Waals surface area contributed by atoms with Gasteiger partial charge < -0.3 is 20.4 Å². The number of allylic oxidation sites excluding steroid dienone is 2. The fourth-order valence-electron chi connectivity index (χ4n) is 5.58. The average Bonchev–Trinajstić information content (AvgIpc) is 3.28. The van der Waals surface area contributed by atoms with E-state index in [1.807, 2.05) is 55.6 Å². The van der Waals surface area contributed by atoms with Gasteiger partial charge in [-0.25, -0.2) is 4.79 Å². The number of pyridine rings is 1. The number of likely N-dealkylation sites (N-methyl/N-ethyl adjacent to an activating group) is 1. The van der Waals surface area contributed by atoms with Crippen LogP contribution in [0.15, 0.2) is 60.0 Å². The largest absolute Gasteiger partial charge is 0.342 e. The summed E-state index contributed by atoms with van der Waals surface area (Å²) in [6, 6.07) is 9.39. The van der Waals surface area contributed by atoms with Gasteiger partial charge in [-0.05, 0) is 74.3 Å². The molecule has 4 rings (SSSR count). The predicted octanol–water partition coefficient (Wildman–Crippen LogP) is 5.70. The average molecular weight is 558 g/mol. The molecule has 2 aromatic rings. The highest BCUT2D eigenvalue weighted by molar-refractivity contribution is 6.04. The summed E-state index contributed by atoms with van der Waals surface area (Å²) in [5, 5.41) is 5.87. The maximum absolute atomic E-state index is 13.9. The Morgan fingerprint density at radius 1 is 1.07 bits per heavy atom. The fraction of sp³-hybridized carbons (Fsp3) is 0.455. The number of amides is 4. The number of benzene rings is 1. The van der Waals surface area contributed by atoms with E-state index in [0.717, 1.165) is 35.2 Å². The molecule has 2 heterocycles. The highest BCUT2D eigenvalue weighted by Crippen LogP contribution is 2.35. The van der Waals surface area contributed by atoms with Crippen LogP contribution in [0, 0.1) is 18.3 Å². The van der Waals surface area contributed by atoms with Crippen LogP contribution in [0.4, 0.5) is 10.5 Å². The minimum Gasteiger partial charge on any atom is -0.342 e. The molecule has 1 fully saturated rings. The van der Waals surface area contributed by atoms with Crippen molar-refractivity contribution >= 4 is 23.5 Å². The second kappa shape index (κ2) is 11.5. The van der Waals surface area contributed by atoms with E-state index in [0.29, 0.717) is 30.0 Å². The number of hydrogen-bond acceptors (Lipinski definition) is 4. The summed E-state index contributed by atoms with van der Waals surface area (Å²) in [4.78, 5) is 47.8. The van der Waals surface area contributed by atoms with E-state index in [1.54, 1.807) is 30.7 Å². The van der Waals surface area contributed by atoms with E-state index in [1.165, 1.54) is 0 Å². The summed E-state index contributed by atoms with van der Waals surface area (Å²) in [7, 11) is 1.75. The number of aryl methyl sites for hydroxylation is 2. The predicted molar refractivity (Wildman–Crippen MR) is 163 cm³/mol. The van der Waals surface area contributed by atoms with E-state index in [-0.39, 0.29) is 23.1 Å². The van der Waals surface area contributed by atoms with Crippen LogP contribution in [0.25, 0.3) is 11.1 Å². The van der Waals surface area contributed by atoms with Crippen molar-refractivity contribution in [1.82, 2.24) is 20.1 Å². The standard InChI is InChI=1S/C33H43N5O3/c1-9-24-13-11-23(20-34-24)26-18-25(12-10-21(26)2)35-31(41)36-28-17-22(19-32(3,4)5)16-27(28)29(39)38-15-14-37(8)30(40)33(38,6)7/h10-13,16-18,20,22H,9,14-15,19H2,1-8H3,(H2,35,36,41). The first-order chi connectivity index (χ1) is 19.2. The van der Waals surface area contributed by atoms with Gasteiger partial charge in [-0.15, -0.1) is 0 Å². The molecular weight excluding hydrogens is 514 g/mol. The first-order valence-corrected chi connectivity index (χ1v) is 14.3. The van der Waals surface area contributed by atoms with Gasteiger partial charge in [-0.2, -0.15) is 0 Å². The second-order valence-electron chi connectivity index (χ2n) is 12.8. The topological polar surface area (TPSA) is 94.6 Å². The molecule has 1 unspecified atom stereocenters. The Bertz CT molecular complexity index is 1400. The van der Waals surface area contributed by atoms with Gasteiger partial charge >= 0.3 is 6.03 Å². The lowest BCUT2D eigenvalue weighted by Gasteiger charge is -2.45. The van der Waals surface area contributed by atoms with Crippen molar-refractivity contribution in [2.75, 3.05) is 25.5 Å². The Morgan fingerprint density at radius 2 is 1.80 bits per heavy atom. The molecule has 0 bridgehead atoms. The number of hydrogen-bond donors (Lipinski definition) is 2. The van der Waals surface area contributed by atoms with Gasteiger partial charge in [0.2, 0.25) is 5.91 Å². The summed E-state index contributed by atoms with van der Waals surface area (Å²) in [6.07, 6.45) is 7.42. The number of carbonyl (C=O) groups is 3. The van der Waals surface area contributed by atoms with Crippen LogP contribution in [-0.4, -0.2) is 58.3 Å². The lowest BCUT2D eigenvalue weighted by Crippen LogP contribution is -2.64. The molecular formula is C33H43N5O3. The summed E-state index contributed by atoms with van der Waals surface area (Å²) in [5.74, 6) is -0.368. The summed E-state index contributed by atoms with van der Waals surface area (Å²) >= 11 is 0. The third-order valence-corrected chi connectivity index (χ3v) is 7.82. The third-order valence-electron chi connectivity index (χ3n) is 7.82. The molecule has 0 spiro atoms. The summed E-state index contributed by atoms with van der Waals surface area (Å²) < 4.78 is 0. The van der Waals surface area contributed by atoms with Crippen LogP contribution in [-0.2, 0) is 16.0 Å². The number of nitrogens with zero attached hydrogens (tertiary/aromatic N) is 3. The van der Waals surface area contributed by atoms with E-state index in [2.05, 4.69) is 43.3 Å². The van der Waals surface area contributed by atoms with Crippen molar-refractivity contribution in [1.29, 1.82) is 0 Å². The van der Waals surface area contributed by atoms with E-state index in [4.69, 9.17) is 0 Å². The maximum atomic E-state index is 13.9. The van der Waals surface area contributed by atoms with E-state index < -0.39 is 11.6 Å². The Balaban J connectivity index is 1.55. The van der Waals surface area contributed by atoms with Crippen LogP contribution >= 0.6 is 0 Å². The van der Waals surface area contributed by atoms with Gasteiger partial charge in [-0.1, -0.05) is 52.0 Å². The number of rotatable bonds is 6. The zero-order valence-electron chi connectivity index (χ0n) is 25.6. The molecule has 8 heteroatoms. The van der Waals surface area contributed by atoms with Gasteiger partial charge in [-0.3, -0.25) is 14.6 Å². The molecule has 0 radical (unpaired) electrons. The molecule has 8 nitrogen and oxygen atoms in total. The first-order valence-electron chi connectivity index (χ1n) is 14.3. The van der Waals surface area contributed by atoms with Crippen LogP contribution < -0.4 is 10.6 Å². The molecule has 0 saturated carbocycles. The molecule has 2 aliphatic rings. The molecule has 1 aliphatic carbocycles. The van der Waals surface area contributed by atoms with Crippen LogP contribution in [0.3, 0.4) is 0 Å². The monoisotopic (exact) mass is 557 g/mol. The first kappa shape index (κ1) is 30.0. The van der Waals surface area contributed by atoms with Crippen molar-refractivity contribution in [3.8, 4) is 11.1 Å². The van der Waals surface area contributed by atoms with Gasteiger partial charge in [0, 0.05) is 43.3 Å². The molecule has 1 aromatic heterocycles. The number of aromatic nitrogens is 1. The lowest BCUT2D eigenvalue weighted by atomic mass is 9.85. The molecule has 2 N–H and O–H groups in total. The van der Waals surface area contributed by atoms with Gasteiger partial charge in [0.15, 0.2) is 0 Å². The minimum atomic E-state index is -0.983. The van der Waals surface area contributed by atoms with Crippen LogP contribution in [0.1, 0.15) is 59.2 Å². The Labute approximate surface area is 243 Å². The quantitative estimate of drug-likeness (QED) is 0.477. The van der Waals surface area contributed by atoms with Gasteiger partial charge in [0.25, 0.3) is 5.91 Å². The Kier molecular flexibility index (Phi) is 8.43. The SMILES string of the molecule is CCc1ccc(-c2cc(NC(=O)NC3=CC(CC(C)(C)C)C=C3C(=O)N3CCN(C)C(=O)C3(C)C)ccc2C)cn1. The smallest absolute Gasteiger partial charge is 0.323 e. The Morgan fingerprint density at radius 3 is 2.44 bits per heavy atom. The zero-order chi connectivity index (χ0) is 30.1. The highest BCUT2D eigenvalue weighted by atomic mass is 16.2.